The number of piperazine rings is 1. The zero-order valence-corrected chi connectivity index (χ0v) is 14.4. The number of carbonyl (C=O) groups excluding carboxylic acids is 3. The number of hydrogen-bond donors (Lipinski definition) is 2. The Morgan fingerprint density at radius 1 is 1.40 bits per heavy atom. The number of nitrogens with zero attached hydrogens (tertiary/aromatic N) is 3. The third kappa shape index (κ3) is 3.78. The smallest absolute Gasteiger partial charge is 0.271 e. The minimum Gasteiger partial charge on any atom is -0.348 e. The van der Waals surface area contributed by atoms with Crippen molar-refractivity contribution in [1.82, 2.24) is 25.5 Å². The van der Waals surface area contributed by atoms with Crippen molar-refractivity contribution in [3.8, 4) is 0 Å². The maximum Gasteiger partial charge on any atom is 0.271 e. The van der Waals surface area contributed by atoms with Gasteiger partial charge in [0.05, 0.1) is 6.20 Å². The lowest BCUT2D eigenvalue weighted by atomic mass is 9.91. The SMILES string of the molecule is CC(C)C[C@@H]1NC(=O)[C@@H]2C[C@@H](NC(=O)c3cnccn3)CCN2C1=O. The number of nitrogens with one attached hydrogen (secondary N) is 2. The number of carbonyl (C=O) groups is 3. The van der Waals surface area contributed by atoms with Gasteiger partial charge >= 0.3 is 0 Å². The molecule has 8 nitrogen and oxygen atoms in total. The van der Waals surface area contributed by atoms with Gasteiger partial charge in [0.2, 0.25) is 11.8 Å². The van der Waals surface area contributed by atoms with Crippen molar-refractivity contribution in [2.75, 3.05) is 6.54 Å². The van der Waals surface area contributed by atoms with Crippen LogP contribution in [0.5, 0.6) is 0 Å². The minimum atomic E-state index is -0.517. The quantitative estimate of drug-likeness (QED) is 0.806. The zero-order valence-electron chi connectivity index (χ0n) is 14.4. The molecule has 2 saturated heterocycles. The molecular weight excluding hydrogens is 322 g/mol. The van der Waals surface area contributed by atoms with E-state index in [1.165, 1.54) is 18.6 Å². The maximum absolute atomic E-state index is 12.6. The average Bonchev–Trinajstić information content (AvgIpc) is 2.60. The molecule has 1 aromatic heterocycles. The molecule has 0 aromatic carbocycles. The predicted octanol–water partition coefficient (Wildman–Crippen LogP) is 0.111. The lowest BCUT2D eigenvalue weighted by Crippen LogP contribution is -2.67. The Morgan fingerprint density at radius 2 is 2.20 bits per heavy atom. The molecule has 25 heavy (non-hydrogen) atoms. The van der Waals surface area contributed by atoms with Gasteiger partial charge in [-0.3, -0.25) is 19.4 Å². The second kappa shape index (κ2) is 7.16. The second-order valence-corrected chi connectivity index (χ2v) is 7.02. The number of fused-ring (bicyclic) bond motifs is 1. The number of hydrogen-bond acceptors (Lipinski definition) is 5. The Morgan fingerprint density at radius 3 is 2.88 bits per heavy atom. The van der Waals surface area contributed by atoms with E-state index < -0.39 is 12.1 Å². The summed E-state index contributed by atoms with van der Waals surface area (Å²) >= 11 is 0. The zero-order chi connectivity index (χ0) is 18.0. The molecule has 2 N–H and O–H groups in total. The van der Waals surface area contributed by atoms with Crippen LogP contribution in [0.3, 0.4) is 0 Å². The largest absolute Gasteiger partial charge is 0.348 e. The highest BCUT2D eigenvalue weighted by Gasteiger charge is 2.44. The van der Waals surface area contributed by atoms with E-state index in [0.717, 1.165) is 0 Å². The Hall–Kier alpha value is -2.51. The average molecular weight is 345 g/mol. The molecule has 0 radical (unpaired) electrons. The van der Waals surface area contributed by atoms with Crippen LogP contribution >= 0.6 is 0 Å². The van der Waals surface area contributed by atoms with Crippen LogP contribution in [0.1, 0.15) is 43.6 Å². The fourth-order valence-corrected chi connectivity index (χ4v) is 3.45. The van der Waals surface area contributed by atoms with E-state index in [9.17, 15) is 14.4 Å². The third-order valence-corrected chi connectivity index (χ3v) is 4.64. The fourth-order valence-electron chi connectivity index (χ4n) is 3.45. The van der Waals surface area contributed by atoms with Crippen molar-refractivity contribution in [3.63, 3.8) is 0 Å². The van der Waals surface area contributed by atoms with Crippen molar-refractivity contribution in [1.29, 1.82) is 0 Å². The summed E-state index contributed by atoms with van der Waals surface area (Å²) in [7, 11) is 0. The second-order valence-electron chi connectivity index (χ2n) is 7.02. The van der Waals surface area contributed by atoms with Crippen molar-refractivity contribution < 1.29 is 14.4 Å². The van der Waals surface area contributed by atoms with Gasteiger partial charge in [0.25, 0.3) is 5.91 Å². The molecular formula is C17H23N5O3. The van der Waals surface area contributed by atoms with Gasteiger partial charge in [-0.25, -0.2) is 4.98 Å². The summed E-state index contributed by atoms with van der Waals surface area (Å²) in [4.78, 5) is 46.7. The molecule has 3 heterocycles. The number of amides is 3. The molecule has 3 atom stereocenters. The van der Waals surface area contributed by atoms with Crippen LogP contribution in [0, 0.1) is 5.92 Å². The highest BCUT2D eigenvalue weighted by atomic mass is 16.2. The Labute approximate surface area is 146 Å². The first-order valence-electron chi connectivity index (χ1n) is 8.63. The Balaban J connectivity index is 1.63. The van der Waals surface area contributed by atoms with Crippen LogP contribution in [-0.4, -0.2) is 57.3 Å². The normalized spacial score (nSPS) is 26.2. The van der Waals surface area contributed by atoms with Gasteiger partial charge in [0.15, 0.2) is 0 Å². The minimum absolute atomic E-state index is 0.0167. The van der Waals surface area contributed by atoms with Crippen molar-refractivity contribution in [3.05, 3.63) is 24.3 Å². The van der Waals surface area contributed by atoms with E-state index in [0.29, 0.717) is 31.7 Å². The van der Waals surface area contributed by atoms with Crippen molar-refractivity contribution >= 4 is 17.7 Å². The highest BCUT2D eigenvalue weighted by Crippen LogP contribution is 2.24. The summed E-state index contributed by atoms with van der Waals surface area (Å²) in [5.41, 5.74) is 0.242. The van der Waals surface area contributed by atoms with E-state index in [1.54, 1.807) is 4.90 Å². The van der Waals surface area contributed by atoms with Gasteiger partial charge in [0.1, 0.15) is 17.8 Å². The van der Waals surface area contributed by atoms with Crippen molar-refractivity contribution in [2.24, 2.45) is 5.92 Å². The monoisotopic (exact) mass is 345 g/mol. The summed E-state index contributed by atoms with van der Waals surface area (Å²) in [6, 6.07) is -1.12. The van der Waals surface area contributed by atoms with E-state index >= 15 is 0 Å². The standard InChI is InChI=1S/C17H23N5O3/c1-10(2)7-12-17(25)22-6-3-11(8-14(22)16(24)21-12)20-15(23)13-9-18-4-5-19-13/h4-5,9-12,14H,3,6-8H2,1-2H3,(H,20,23)(H,21,24)/t11-,12-,14-/m0/s1. The predicted molar refractivity (Wildman–Crippen MR) is 89.4 cm³/mol. The van der Waals surface area contributed by atoms with Crippen LogP contribution < -0.4 is 10.6 Å². The molecule has 0 unspecified atom stereocenters. The van der Waals surface area contributed by atoms with Crippen LogP contribution in [0.2, 0.25) is 0 Å². The Bertz CT molecular complexity index is 664. The number of aromatic nitrogens is 2. The van der Waals surface area contributed by atoms with E-state index in [-0.39, 0.29) is 29.5 Å². The molecule has 0 saturated carbocycles. The molecule has 1 aromatic rings. The van der Waals surface area contributed by atoms with Crippen LogP contribution in [0.4, 0.5) is 0 Å². The van der Waals surface area contributed by atoms with Gasteiger partial charge < -0.3 is 15.5 Å². The third-order valence-electron chi connectivity index (χ3n) is 4.64. The maximum atomic E-state index is 12.6. The molecule has 2 aliphatic rings. The van der Waals surface area contributed by atoms with E-state index in [1.807, 2.05) is 13.8 Å². The summed E-state index contributed by atoms with van der Waals surface area (Å²) in [5, 5.41) is 5.72. The van der Waals surface area contributed by atoms with Gasteiger partial charge in [-0.1, -0.05) is 13.8 Å². The molecule has 2 fully saturated rings. The fraction of sp³-hybridized carbons (Fsp3) is 0.588. The number of rotatable bonds is 4. The van der Waals surface area contributed by atoms with Gasteiger partial charge in [-0.2, -0.15) is 0 Å². The number of piperidine rings is 1. The molecule has 0 bridgehead atoms. The first kappa shape index (κ1) is 17.3. The van der Waals surface area contributed by atoms with E-state index in [4.69, 9.17) is 0 Å². The summed E-state index contributed by atoms with van der Waals surface area (Å²) in [6.45, 7) is 4.52. The molecule has 0 spiro atoms. The molecule has 134 valence electrons. The van der Waals surface area contributed by atoms with Gasteiger partial charge in [-0.05, 0) is 25.2 Å². The Kier molecular flexibility index (Phi) is 4.96. The summed E-state index contributed by atoms with van der Waals surface area (Å²) in [6.07, 6.45) is 6.03. The van der Waals surface area contributed by atoms with Crippen LogP contribution in [-0.2, 0) is 9.59 Å². The van der Waals surface area contributed by atoms with Crippen LogP contribution in [0.25, 0.3) is 0 Å². The first-order valence-corrected chi connectivity index (χ1v) is 8.63. The lowest BCUT2D eigenvalue weighted by molar-refractivity contribution is -0.152. The molecule has 2 aliphatic heterocycles. The highest BCUT2D eigenvalue weighted by molar-refractivity contribution is 5.97. The van der Waals surface area contributed by atoms with Gasteiger partial charge in [0, 0.05) is 25.0 Å². The summed E-state index contributed by atoms with van der Waals surface area (Å²) in [5.74, 6) is -0.137. The molecule has 3 amide bonds. The molecule has 8 heteroatoms. The van der Waals surface area contributed by atoms with Gasteiger partial charge in [-0.15, -0.1) is 0 Å². The molecule has 3 rings (SSSR count). The molecule has 0 aliphatic carbocycles. The van der Waals surface area contributed by atoms with Crippen LogP contribution in [0.15, 0.2) is 18.6 Å². The van der Waals surface area contributed by atoms with Crippen molar-refractivity contribution in [2.45, 2.75) is 51.2 Å². The van der Waals surface area contributed by atoms with E-state index in [2.05, 4.69) is 20.6 Å². The lowest BCUT2D eigenvalue weighted by Gasteiger charge is -2.44. The summed E-state index contributed by atoms with van der Waals surface area (Å²) < 4.78 is 0. The topological polar surface area (TPSA) is 104 Å². The first-order chi connectivity index (χ1) is 12.0.